The molecular weight excluding hydrogens is 210 g/mol. The van der Waals surface area contributed by atoms with Crippen molar-refractivity contribution in [1.29, 1.82) is 0 Å². The van der Waals surface area contributed by atoms with Crippen molar-refractivity contribution >= 4 is 26.3 Å². The highest BCUT2D eigenvalue weighted by molar-refractivity contribution is 7.91. The van der Waals surface area contributed by atoms with Gasteiger partial charge in [0.1, 0.15) is 0 Å². The van der Waals surface area contributed by atoms with Crippen LogP contribution in [0.3, 0.4) is 0 Å². The van der Waals surface area contributed by atoms with Gasteiger partial charge in [-0.1, -0.05) is 18.2 Å². The maximum Gasteiger partial charge on any atom is 0.183 e. The Bertz CT molecular complexity index is 674. The van der Waals surface area contributed by atoms with Gasteiger partial charge in [-0.15, -0.1) is 0 Å². The SMILES string of the molecule is Nc1ccc2cccc3c2c1CS3(=O)=O. The number of anilines is 1. The number of nitrogens with two attached hydrogens (primary N) is 1. The molecule has 0 aromatic heterocycles. The number of nitrogen functional groups attached to an aromatic ring is 1. The predicted molar refractivity (Wildman–Crippen MR) is 59.3 cm³/mol. The Labute approximate surface area is 87.4 Å². The molecule has 3 nitrogen and oxygen atoms in total. The van der Waals surface area contributed by atoms with Crippen molar-refractivity contribution in [1.82, 2.24) is 0 Å². The minimum Gasteiger partial charge on any atom is -0.398 e. The monoisotopic (exact) mass is 219 g/mol. The summed E-state index contributed by atoms with van der Waals surface area (Å²) in [5.74, 6) is 0.0372. The van der Waals surface area contributed by atoms with Crippen molar-refractivity contribution in [2.45, 2.75) is 10.6 Å². The molecule has 0 aliphatic carbocycles. The van der Waals surface area contributed by atoms with Gasteiger partial charge in [-0.25, -0.2) is 8.42 Å². The summed E-state index contributed by atoms with van der Waals surface area (Å²) in [6.07, 6.45) is 0. The largest absolute Gasteiger partial charge is 0.398 e. The van der Waals surface area contributed by atoms with Gasteiger partial charge >= 0.3 is 0 Å². The highest BCUT2D eigenvalue weighted by atomic mass is 32.2. The Hall–Kier alpha value is -1.55. The first-order chi connectivity index (χ1) is 7.09. The van der Waals surface area contributed by atoms with Crippen molar-refractivity contribution in [2.75, 3.05) is 5.73 Å². The lowest BCUT2D eigenvalue weighted by atomic mass is 10.0. The molecule has 1 aliphatic rings. The molecule has 0 saturated carbocycles. The summed E-state index contributed by atoms with van der Waals surface area (Å²) in [5.41, 5.74) is 7.11. The molecule has 0 fully saturated rings. The summed E-state index contributed by atoms with van der Waals surface area (Å²) >= 11 is 0. The van der Waals surface area contributed by atoms with Gasteiger partial charge in [-0.05, 0) is 23.1 Å². The van der Waals surface area contributed by atoms with Crippen molar-refractivity contribution < 1.29 is 8.42 Å². The summed E-state index contributed by atoms with van der Waals surface area (Å²) in [6, 6.07) is 8.94. The first-order valence-corrected chi connectivity index (χ1v) is 6.28. The Morgan fingerprint density at radius 1 is 1.13 bits per heavy atom. The third-order valence-corrected chi connectivity index (χ3v) is 4.50. The lowest BCUT2D eigenvalue weighted by molar-refractivity contribution is 0.598. The van der Waals surface area contributed by atoms with Crippen molar-refractivity contribution in [3.8, 4) is 0 Å². The zero-order chi connectivity index (χ0) is 10.6. The fourth-order valence-electron chi connectivity index (χ4n) is 2.12. The van der Waals surface area contributed by atoms with Gasteiger partial charge in [0, 0.05) is 11.1 Å². The maximum absolute atomic E-state index is 11.8. The molecule has 15 heavy (non-hydrogen) atoms. The first kappa shape index (κ1) is 8.73. The Morgan fingerprint density at radius 3 is 2.73 bits per heavy atom. The van der Waals surface area contributed by atoms with Crippen LogP contribution in [0.4, 0.5) is 5.69 Å². The second-order valence-electron chi connectivity index (χ2n) is 3.75. The third-order valence-electron chi connectivity index (χ3n) is 2.82. The molecule has 76 valence electrons. The Morgan fingerprint density at radius 2 is 1.93 bits per heavy atom. The lowest BCUT2D eigenvalue weighted by Gasteiger charge is -2.02. The Kier molecular flexibility index (Phi) is 1.47. The molecule has 1 aliphatic heterocycles. The van der Waals surface area contributed by atoms with E-state index in [0.717, 1.165) is 16.3 Å². The number of rotatable bonds is 0. The molecule has 4 heteroatoms. The van der Waals surface area contributed by atoms with Crippen LogP contribution in [0.15, 0.2) is 35.2 Å². The molecule has 0 amide bonds. The predicted octanol–water partition coefficient (Wildman–Crippen LogP) is 1.71. The lowest BCUT2D eigenvalue weighted by Crippen LogP contribution is -1.98. The molecule has 3 rings (SSSR count). The van der Waals surface area contributed by atoms with E-state index in [9.17, 15) is 8.42 Å². The van der Waals surface area contributed by atoms with Gasteiger partial charge in [0.25, 0.3) is 0 Å². The average Bonchev–Trinajstić information content (AvgIpc) is 2.48. The average molecular weight is 219 g/mol. The minimum atomic E-state index is -3.16. The Balaban J connectivity index is 2.63. The van der Waals surface area contributed by atoms with E-state index in [-0.39, 0.29) is 5.75 Å². The highest BCUT2D eigenvalue weighted by Crippen LogP contribution is 2.38. The number of sulfone groups is 1. The first-order valence-electron chi connectivity index (χ1n) is 4.62. The van der Waals surface area contributed by atoms with Crippen molar-refractivity contribution in [2.24, 2.45) is 0 Å². The third kappa shape index (κ3) is 1.02. The number of benzene rings is 2. The van der Waals surface area contributed by atoms with Crippen LogP contribution in [0.25, 0.3) is 10.8 Å². The second-order valence-corrected chi connectivity index (χ2v) is 5.70. The van der Waals surface area contributed by atoms with Crippen molar-refractivity contribution in [3.05, 3.63) is 35.9 Å². The van der Waals surface area contributed by atoms with Crippen LogP contribution < -0.4 is 5.73 Å². The van der Waals surface area contributed by atoms with Gasteiger partial charge in [0.05, 0.1) is 10.6 Å². The molecule has 2 aromatic rings. The fraction of sp³-hybridized carbons (Fsp3) is 0.0909. The zero-order valence-electron chi connectivity index (χ0n) is 7.90. The van der Waals surface area contributed by atoms with Crippen molar-refractivity contribution in [3.63, 3.8) is 0 Å². The van der Waals surface area contributed by atoms with E-state index in [1.165, 1.54) is 0 Å². The van der Waals surface area contributed by atoms with Gasteiger partial charge in [-0.3, -0.25) is 0 Å². The molecule has 0 atom stereocenters. The van der Waals surface area contributed by atoms with Gasteiger partial charge in [0.15, 0.2) is 9.84 Å². The summed E-state index contributed by atoms with van der Waals surface area (Å²) in [4.78, 5) is 0.419. The molecule has 0 bridgehead atoms. The molecule has 2 N–H and O–H groups in total. The van der Waals surface area contributed by atoms with Crippen LogP contribution in [0.2, 0.25) is 0 Å². The van der Waals surface area contributed by atoms with E-state index in [0.29, 0.717) is 10.6 Å². The molecule has 1 heterocycles. The molecule has 0 unspecified atom stereocenters. The van der Waals surface area contributed by atoms with Crippen LogP contribution >= 0.6 is 0 Å². The van der Waals surface area contributed by atoms with Crippen LogP contribution in [0.5, 0.6) is 0 Å². The van der Waals surface area contributed by atoms with E-state index < -0.39 is 9.84 Å². The van der Waals surface area contributed by atoms with Gasteiger partial charge < -0.3 is 5.73 Å². The molecular formula is C11H9NO2S. The van der Waals surface area contributed by atoms with E-state index >= 15 is 0 Å². The zero-order valence-corrected chi connectivity index (χ0v) is 8.71. The summed E-state index contributed by atoms with van der Waals surface area (Å²) < 4.78 is 23.7. The van der Waals surface area contributed by atoms with Gasteiger partial charge in [-0.2, -0.15) is 0 Å². The normalized spacial score (nSPS) is 17.1. The maximum atomic E-state index is 11.8. The van der Waals surface area contributed by atoms with E-state index in [1.807, 2.05) is 12.1 Å². The van der Waals surface area contributed by atoms with Crippen LogP contribution in [-0.2, 0) is 15.6 Å². The summed E-state index contributed by atoms with van der Waals surface area (Å²) in [6.45, 7) is 0. The molecule has 2 aromatic carbocycles. The quantitative estimate of drug-likeness (QED) is 0.686. The minimum absolute atomic E-state index is 0.0372. The molecule has 0 spiro atoms. The molecule has 0 radical (unpaired) electrons. The smallest absolute Gasteiger partial charge is 0.183 e. The number of hydrogen-bond acceptors (Lipinski definition) is 3. The van der Waals surface area contributed by atoms with Crippen LogP contribution in [-0.4, -0.2) is 8.42 Å². The summed E-state index contributed by atoms with van der Waals surface area (Å²) in [5, 5.41) is 1.75. The summed E-state index contributed by atoms with van der Waals surface area (Å²) in [7, 11) is -3.16. The van der Waals surface area contributed by atoms with E-state index in [4.69, 9.17) is 5.73 Å². The standard InChI is InChI=1S/C11H9NO2S/c12-9-5-4-7-2-1-3-10-11(7)8(9)6-15(10,13)14/h1-5H,6,12H2. The number of hydrogen-bond donors (Lipinski definition) is 1. The fourth-order valence-corrected chi connectivity index (χ4v) is 3.80. The molecule has 0 saturated heterocycles. The van der Waals surface area contributed by atoms with Gasteiger partial charge in [0.2, 0.25) is 0 Å². The topological polar surface area (TPSA) is 60.2 Å². The van der Waals surface area contributed by atoms with E-state index in [1.54, 1.807) is 18.2 Å². The highest BCUT2D eigenvalue weighted by Gasteiger charge is 2.28. The second kappa shape index (κ2) is 2.52. The van der Waals surface area contributed by atoms with Crippen LogP contribution in [0.1, 0.15) is 5.56 Å². The van der Waals surface area contributed by atoms with Crippen LogP contribution in [0, 0.1) is 0 Å². The van der Waals surface area contributed by atoms with E-state index in [2.05, 4.69) is 0 Å².